The number of nitrogens with zero attached hydrogens (tertiary/aromatic N) is 1. The smallest absolute Gasteiger partial charge is 0.416 e. The van der Waals surface area contributed by atoms with Crippen molar-refractivity contribution in [3.63, 3.8) is 0 Å². The molecule has 0 radical (unpaired) electrons. The van der Waals surface area contributed by atoms with Crippen LogP contribution in [0.2, 0.25) is 0 Å². The van der Waals surface area contributed by atoms with E-state index in [0.717, 1.165) is 17.1 Å². The van der Waals surface area contributed by atoms with E-state index in [1.165, 1.54) is 0 Å². The number of halogens is 1. The third kappa shape index (κ3) is 2.55. The van der Waals surface area contributed by atoms with Crippen LogP contribution in [-0.4, -0.2) is 35.3 Å². The van der Waals surface area contributed by atoms with E-state index in [-0.39, 0.29) is 13.2 Å². The van der Waals surface area contributed by atoms with E-state index in [4.69, 9.17) is 11.6 Å². The molecular weight excluding hydrogens is 198 g/mol. The summed E-state index contributed by atoms with van der Waals surface area (Å²) in [5.74, 6) is -0.600. The van der Waals surface area contributed by atoms with E-state index in [1.54, 1.807) is 0 Å². The van der Waals surface area contributed by atoms with E-state index in [0.29, 0.717) is 0 Å². The van der Waals surface area contributed by atoms with E-state index in [2.05, 4.69) is 4.74 Å². The third-order valence-corrected chi connectivity index (χ3v) is 1.51. The molecule has 1 aliphatic heterocycles. The molecular formula is C7H6ClNO4. The van der Waals surface area contributed by atoms with Gasteiger partial charge in [-0.2, -0.15) is 0 Å². The Morgan fingerprint density at radius 3 is 2.62 bits per heavy atom. The average molecular weight is 204 g/mol. The molecule has 1 fully saturated rings. The summed E-state index contributed by atoms with van der Waals surface area (Å²) in [7, 11) is 0. The van der Waals surface area contributed by atoms with E-state index < -0.39 is 17.2 Å². The first kappa shape index (κ1) is 9.73. The number of ether oxygens (including phenoxy) is 1. The zero-order valence-corrected chi connectivity index (χ0v) is 7.28. The molecule has 70 valence electrons. The summed E-state index contributed by atoms with van der Waals surface area (Å²) >= 11 is 4.95. The Labute approximate surface area is 78.9 Å². The minimum Gasteiger partial charge on any atom is -0.447 e. The molecule has 1 saturated heterocycles. The quantitative estimate of drug-likeness (QED) is 0.478. The third-order valence-electron chi connectivity index (χ3n) is 1.38. The van der Waals surface area contributed by atoms with Gasteiger partial charge in [0.15, 0.2) is 0 Å². The molecule has 0 atom stereocenters. The highest BCUT2D eigenvalue weighted by molar-refractivity contribution is 6.66. The molecule has 5 nitrogen and oxygen atoms in total. The van der Waals surface area contributed by atoms with Crippen LogP contribution >= 0.6 is 11.6 Å². The van der Waals surface area contributed by atoms with Crippen LogP contribution in [0, 0.1) is 0 Å². The van der Waals surface area contributed by atoms with Gasteiger partial charge in [-0.05, 0) is 11.6 Å². The summed E-state index contributed by atoms with van der Waals surface area (Å²) in [5, 5.41) is -0.763. The molecule has 1 heterocycles. The van der Waals surface area contributed by atoms with Gasteiger partial charge in [0, 0.05) is 12.2 Å². The lowest BCUT2D eigenvalue weighted by Gasteiger charge is -2.05. The minimum absolute atomic E-state index is 0.188. The highest BCUT2D eigenvalue weighted by atomic mass is 35.5. The lowest BCUT2D eigenvalue weighted by molar-refractivity contribution is -0.123. The lowest BCUT2D eigenvalue weighted by atomic mass is 10.4. The molecule has 1 aliphatic rings. The predicted octanol–water partition coefficient (Wildman–Crippen LogP) is 0.287. The Morgan fingerprint density at radius 2 is 2.15 bits per heavy atom. The Morgan fingerprint density at radius 1 is 1.46 bits per heavy atom. The number of allylic oxidation sites excluding steroid dienone is 1. The van der Waals surface area contributed by atoms with E-state index in [9.17, 15) is 14.4 Å². The fourth-order valence-corrected chi connectivity index (χ4v) is 0.883. The van der Waals surface area contributed by atoms with Crippen LogP contribution in [0.4, 0.5) is 4.79 Å². The molecule has 1 rings (SSSR count). The highest BCUT2D eigenvalue weighted by Gasteiger charge is 2.26. The first-order valence-corrected chi connectivity index (χ1v) is 3.85. The van der Waals surface area contributed by atoms with Gasteiger partial charge in [-0.25, -0.2) is 9.69 Å². The molecule has 0 aliphatic carbocycles. The summed E-state index contributed by atoms with van der Waals surface area (Å²) in [6, 6.07) is 0. The van der Waals surface area contributed by atoms with Crippen molar-refractivity contribution in [2.45, 2.75) is 0 Å². The topological polar surface area (TPSA) is 63.7 Å². The van der Waals surface area contributed by atoms with Gasteiger partial charge in [0.25, 0.3) is 5.91 Å². The number of hydrogen-bond donors (Lipinski definition) is 0. The molecule has 6 heteroatoms. The zero-order chi connectivity index (χ0) is 9.84. The van der Waals surface area contributed by atoms with Gasteiger partial charge in [-0.15, -0.1) is 0 Å². The van der Waals surface area contributed by atoms with Crippen molar-refractivity contribution in [3.8, 4) is 0 Å². The summed E-state index contributed by atoms with van der Waals surface area (Å²) in [6.07, 6.45) is 1.12. The second kappa shape index (κ2) is 4.04. The van der Waals surface area contributed by atoms with Crippen molar-refractivity contribution < 1.29 is 19.1 Å². The number of cyclic esters (lactones) is 1. The summed E-state index contributed by atoms with van der Waals surface area (Å²) in [5.41, 5.74) is 0. The van der Waals surface area contributed by atoms with Crippen LogP contribution in [-0.2, 0) is 14.3 Å². The average Bonchev–Trinajstić information content (AvgIpc) is 2.47. The van der Waals surface area contributed by atoms with Gasteiger partial charge in [-0.3, -0.25) is 9.59 Å². The number of carbonyl (C=O) groups excluding carboxylic acids is 3. The van der Waals surface area contributed by atoms with Gasteiger partial charge in [0.2, 0.25) is 5.24 Å². The van der Waals surface area contributed by atoms with Crippen molar-refractivity contribution in [1.29, 1.82) is 0 Å². The van der Waals surface area contributed by atoms with Crippen molar-refractivity contribution >= 4 is 28.8 Å². The monoisotopic (exact) mass is 203 g/mol. The Kier molecular flexibility index (Phi) is 3.02. The number of hydrogen-bond acceptors (Lipinski definition) is 4. The molecule has 0 spiro atoms. The molecule has 2 amide bonds. The number of imide groups is 1. The van der Waals surface area contributed by atoms with Gasteiger partial charge in [-0.1, -0.05) is 0 Å². The lowest BCUT2D eigenvalue weighted by Crippen LogP contribution is -2.29. The standard InChI is InChI=1S/C7H6ClNO4/c8-5(10)1-2-6(11)9-3-4-13-7(9)12/h1-2H,3-4H2. The van der Waals surface area contributed by atoms with Crippen molar-refractivity contribution in [3.05, 3.63) is 12.2 Å². The molecule has 0 bridgehead atoms. The molecule has 0 aromatic heterocycles. The SMILES string of the molecule is O=C(Cl)C=CC(=O)N1CCOC1=O. The van der Waals surface area contributed by atoms with Gasteiger partial charge >= 0.3 is 6.09 Å². The normalized spacial score (nSPS) is 16.4. The van der Waals surface area contributed by atoms with Crippen molar-refractivity contribution in [1.82, 2.24) is 4.90 Å². The molecule has 0 aromatic rings. The van der Waals surface area contributed by atoms with E-state index >= 15 is 0 Å². The molecule has 0 unspecified atom stereocenters. The first-order valence-electron chi connectivity index (χ1n) is 3.47. The molecule has 0 N–H and O–H groups in total. The molecule has 0 aromatic carbocycles. The van der Waals surface area contributed by atoms with Crippen molar-refractivity contribution in [2.75, 3.05) is 13.2 Å². The van der Waals surface area contributed by atoms with Crippen LogP contribution in [0.25, 0.3) is 0 Å². The Balaban J connectivity index is 2.57. The maximum Gasteiger partial charge on any atom is 0.416 e. The first-order chi connectivity index (χ1) is 6.11. The molecule has 13 heavy (non-hydrogen) atoms. The van der Waals surface area contributed by atoms with Gasteiger partial charge < -0.3 is 4.74 Å². The second-order valence-electron chi connectivity index (χ2n) is 2.24. The van der Waals surface area contributed by atoms with Gasteiger partial charge in [0.05, 0.1) is 6.54 Å². The van der Waals surface area contributed by atoms with E-state index in [1.807, 2.05) is 0 Å². The Bertz CT molecular complexity index is 286. The van der Waals surface area contributed by atoms with Gasteiger partial charge in [0.1, 0.15) is 6.61 Å². The summed E-state index contributed by atoms with van der Waals surface area (Å²) < 4.78 is 4.51. The summed E-state index contributed by atoms with van der Waals surface area (Å²) in [6.45, 7) is 0.395. The fraction of sp³-hybridized carbons (Fsp3) is 0.286. The zero-order valence-electron chi connectivity index (χ0n) is 6.53. The Hall–Kier alpha value is -1.36. The fourth-order valence-electron chi connectivity index (χ4n) is 0.820. The maximum absolute atomic E-state index is 11.1. The molecule has 0 saturated carbocycles. The second-order valence-corrected chi connectivity index (χ2v) is 2.61. The van der Waals surface area contributed by atoms with Crippen LogP contribution in [0.1, 0.15) is 0 Å². The number of carbonyl (C=O) groups is 3. The number of amides is 2. The van der Waals surface area contributed by atoms with Crippen LogP contribution < -0.4 is 0 Å². The van der Waals surface area contributed by atoms with Crippen LogP contribution in [0.3, 0.4) is 0 Å². The minimum atomic E-state index is -0.763. The van der Waals surface area contributed by atoms with Crippen molar-refractivity contribution in [2.24, 2.45) is 0 Å². The highest BCUT2D eigenvalue weighted by Crippen LogP contribution is 2.03. The summed E-state index contributed by atoms with van der Waals surface area (Å²) in [4.78, 5) is 33.0. The van der Waals surface area contributed by atoms with Crippen LogP contribution in [0.15, 0.2) is 12.2 Å². The predicted molar refractivity (Wildman–Crippen MR) is 43.1 cm³/mol. The van der Waals surface area contributed by atoms with Crippen LogP contribution in [0.5, 0.6) is 0 Å². The maximum atomic E-state index is 11.1. The number of rotatable bonds is 2. The largest absolute Gasteiger partial charge is 0.447 e.